The number of benzene rings is 1. The average molecular weight is 361 g/mol. The van der Waals surface area contributed by atoms with Crippen LogP contribution in [0.15, 0.2) is 18.2 Å². The molecule has 0 unspecified atom stereocenters. The van der Waals surface area contributed by atoms with Gasteiger partial charge in [-0.25, -0.2) is 0 Å². The first-order valence-electron chi connectivity index (χ1n) is 8.98. The van der Waals surface area contributed by atoms with Crippen molar-refractivity contribution in [1.29, 1.82) is 0 Å². The lowest BCUT2D eigenvalue weighted by Crippen LogP contribution is -2.29. The second-order valence-electron chi connectivity index (χ2n) is 6.48. The minimum absolute atomic E-state index is 0.0196. The first-order valence-corrected chi connectivity index (χ1v) is 8.98. The van der Waals surface area contributed by atoms with Gasteiger partial charge in [-0.1, -0.05) is 0 Å². The minimum Gasteiger partial charge on any atom is -0.466 e. The first kappa shape index (κ1) is 19.8. The van der Waals surface area contributed by atoms with E-state index in [4.69, 9.17) is 4.74 Å². The Morgan fingerprint density at radius 2 is 1.85 bits per heavy atom. The van der Waals surface area contributed by atoms with Crippen LogP contribution in [0.4, 0.5) is 11.4 Å². The van der Waals surface area contributed by atoms with Gasteiger partial charge in [-0.2, -0.15) is 0 Å². The predicted molar refractivity (Wildman–Crippen MR) is 100 cm³/mol. The van der Waals surface area contributed by atoms with Gasteiger partial charge in [-0.15, -0.1) is 0 Å². The molecule has 2 amide bonds. The highest BCUT2D eigenvalue weighted by Gasteiger charge is 2.23. The molecule has 26 heavy (non-hydrogen) atoms. The van der Waals surface area contributed by atoms with Crippen molar-refractivity contribution < 1.29 is 19.1 Å². The maximum Gasteiger partial charge on any atom is 0.306 e. The van der Waals surface area contributed by atoms with Crippen molar-refractivity contribution in [1.82, 2.24) is 4.90 Å². The second kappa shape index (κ2) is 9.22. The van der Waals surface area contributed by atoms with Gasteiger partial charge in [0.05, 0.1) is 18.6 Å². The van der Waals surface area contributed by atoms with Crippen LogP contribution < -0.4 is 10.2 Å². The molecule has 0 aromatic heterocycles. The van der Waals surface area contributed by atoms with Gasteiger partial charge in [-0.05, 0) is 38.0 Å². The summed E-state index contributed by atoms with van der Waals surface area (Å²) in [4.78, 5) is 40.0. The summed E-state index contributed by atoms with van der Waals surface area (Å²) in [6, 6.07) is 5.29. The van der Waals surface area contributed by atoms with E-state index in [0.29, 0.717) is 17.9 Å². The van der Waals surface area contributed by atoms with Crippen LogP contribution in [0.3, 0.4) is 0 Å². The zero-order valence-corrected chi connectivity index (χ0v) is 15.7. The van der Waals surface area contributed by atoms with E-state index in [1.165, 1.54) is 0 Å². The van der Waals surface area contributed by atoms with E-state index in [0.717, 1.165) is 31.6 Å². The number of ether oxygens (including phenoxy) is 1. The molecule has 0 spiro atoms. The van der Waals surface area contributed by atoms with E-state index in [1.54, 1.807) is 19.1 Å². The second-order valence-corrected chi connectivity index (χ2v) is 6.48. The molecule has 7 nitrogen and oxygen atoms in total. The number of rotatable bonds is 7. The summed E-state index contributed by atoms with van der Waals surface area (Å²) >= 11 is 0. The monoisotopic (exact) mass is 361 g/mol. The Morgan fingerprint density at radius 3 is 2.46 bits per heavy atom. The molecular formula is C19H27N3O4. The van der Waals surface area contributed by atoms with Gasteiger partial charge >= 0.3 is 5.97 Å². The molecule has 2 rings (SSSR count). The molecule has 1 N–H and O–H groups in total. The molecule has 1 heterocycles. The lowest BCUT2D eigenvalue weighted by atomic mass is 10.1. The van der Waals surface area contributed by atoms with Crippen LogP contribution in [0, 0.1) is 0 Å². The Morgan fingerprint density at radius 1 is 1.15 bits per heavy atom. The molecule has 0 radical (unpaired) electrons. The standard InChI is InChI=1S/C19H27N3O4/c1-4-26-18(24)10-9-17(23)20-14-7-8-16(21(2)3)15(13-14)19(25)22-11-5-6-12-22/h7-8,13H,4-6,9-12H2,1-3H3,(H,20,23). The summed E-state index contributed by atoms with van der Waals surface area (Å²) in [5, 5.41) is 2.76. The van der Waals surface area contributed by atoms with Crippen molar-refractivity contribution in [3.05, 3.63) is 23.8 Å². The van der Waals surface area contributed by atoms with Crippen molar-refractivity contribution in [2.45, 2.75) is 32.6 Å². The number of likely N-dealkylation sites (tertiary alicyclic amines) is 1. The molecular weight excluding hydrogens is 334 g/mol. The molecule has 1 aromatic rings. The van der Waals surface area contributed by atoms with Crippen LogP contribution >= 0.6 is 0 Å². The highest BCUT2D eigenvalue weighted by atomic mass is 16.5. The molecule has 0 atom stereocenters. The minimum atomic E-state index is -0.393. The SMILES string of the molecule is CCOC(=O)CCC(=O)Nc1ccc(N(C)C)c(C(=O)N2CCCC2)c1. The number of nitrogens with one attached hydrogen (secondary N) is 1. The number of esters is 1. The maximum absolute atomic E-state index is 12.8. The fourth-order valence-electron chi connectivity index (χ4n) is 2.94. The third kappa shape index (κ3) is 5.21. The molecule has 142 valence electrons. The molecule has 1 aromatic carbocycles. The van der Waals surface area contributed by atoms with Crippen molar-refractivity contribution in [3.8, 4) is 0 Å². The van der Waals surface area contributed by atoms with Gasteiger partial charge < -0.3 is 19.9 Å². The maximum atomic E-state index is 12.8. The van der Waals surface area contributed by atoms with Gasteiger partial charge in [0.1, 0.15) is 0 Å². The number of amides is 2. The van der Waals surface area contributed by atoms with Crippen LogP contribution in [-0.2, 0) is 14.3 Å². The van der Waals surface area contributed by atoms with E-state index in [-0.39, 0.29) is 24.7 Å². The van der Waals surface area contributed by atoms with Gasteiger partial charge in [-0.3, -0.25) is 14.4 Å². The summed E-state index contributed by atoms with van der Waals surface area (Å²) < 4.78 is 4.82. The Kier molecular flexibility index (Phi) is 7.00. The third-order valence-corrected chi connectivity index (χ3v) is 4.25. The topological polar surface area (TPSA) is 79.0 Å². The number of carbonyl (C=O) groups excluding carboxylic acids is 3. The Balaban J connectivity index is 2.09. The summed E-state index contributed by atoms with van der Waals surface area (Å²) in [6.07, 6.45) is 2.12. The molecule has 0 bridgehead atoms. The fourth-order valence-corrected chi connectivity index (χ4v) is 2.94. The summed E-state index contributed by atoms with van der Waals surface area (Å²) in [6.45, 7) is 3.56. The van der Waals surface area contributed by atoms with Gasteiger partial charge in [0.25, 0.3) is 5.91 Å². The van der Waals surface area contributed by atoms with E-state index in [1.807, 2.05) is 30.0 Å². The smallest absolute Gasteiger partial charge is 0.306 e. The Labute approximate surface area is 154 Å². The number of carbonyl (C=O) groups is 3. The number of anilines is 2. The molecule has 0 aliphatic carbocycles. The van der Waals surface area contributed by atoms with E-state index in [9.17, 15) is 14.4 Å². The molecule has 7 heteroatoms. The predicted octanol–water partition coefficient (Wildman–Crippen LogP) is 2.27. The van der Waals surface area contributed by atoms with Crippen LogP contribution in [0.25, 0.3) is 0 Å². The number of hydrogen-bond donors (Lipinski definition) is 1. The quantitative estimate of drug-likeness (QED) is 0.754. The van der Waals surface area contributed by atoms with Crippen LogP contribution in [0.5, 0.6) is 0 Å². The van der Waals surface area contributed by atoms with Crippen LogP contribution in [-0.4, -0.2) is 56.5 Å². The lowest BCUT2D eigenvalue weighted by Gasteiger charge is -2.22. The molecule has 1 fully saturated rings. The van der Waals surface area contributed by atoms with Gasteiger partial charge in [0.2, 0.25) is 5.91 Å². The van der Waals surface area contributed by atoms with Crippen molar-refractivity contribution >= 4 is 29.2 Å². The molecule has 1 aliphatic heterocycles. The largest absolute Gasteiger partial charge is 0.466 e. The highest BCUT2D eigenvalue weighted by Crippen LogP contribution is 2.26. The summed E-state index contributed by atoms with van der Waals surface area (Å²) in [7, 11) is 3.77. The van der Waals surface area contributed by atoms with E-state index >= 15 is 0 Å². The fraction of sp³-hybridized carbons (Fsp3) is 0.526. The van der Waals surface area contributed by atoms with Crippen LogP contribution in [0.1, 0.15) is 43.0 Å². The molecule has 1 saturated heterocycles. The van der Waals surface area contributed by atoms with Crippen molar-refractivity contribution in [3.63, 3.8) is 0 Å². The van der Waals surface area contributed by atoms with Gasteiger partial charge in [0, 0.05) is 45.0 Å². The van der Waals surface area contributed by atoms with Gasteiger partial charge in [0.15, 0.2) is 0 Å². The number of nitrogens with zero attached hydrogens (tertiary/aromatic N) is 2. The normalized spacial score (nSPS) is 13.4. The molecule has 1 aliphatic rings. The van der Waals surface area contributed by atoms with Crippen LogP contribution in [0.2, 0.25) is 0 Å². The highest BCUT2D eigenvalue weighted by molar-refractivity contribution is 6.02. The first-order chi connectivity index (χ1) is 12.4. The average Bonchev–Trinajstić information content (AvgIpc) is 3.14. The van der Waals surface area contributed by atoms with E-state index < -0.39 is 5.97 Å². The Bertz CT molecular complexity index is 667. The van der Waals surface area contributed by atoms with Crippen molar-refractivity contribution in [2.75, 3.05) is 44.0 Å². The summed E-state index contributed by atoms with van der Waals surface area (Å²) in [5.74, 6) is -0.695. The Hall–Kier alpha value is -2.57. The molecule has 0 saturated carbocycles. The van der Waals surface area contributed by atoms with Crippen molar-refractivity contribution in [2.24, 2.45) is 0 Å². The zero-order chi connectivity index (χ0) is 19.1. The zero-order valence-electron chi connectivity index (χ0n) is 15.7. The van der Waals surface area contributed by atoms with E-state index in [2.05, 4.69) is 5.32 Å². The lowest BCUT2D eigenvalue weighted by molar-refractivity contribution is -0.144. The number of hydrogen-bond acceptors (Lipinski definition) is 5. The summed E-state index contributed by atoms with van der Waals surface area (Å²) in [5.41, 5.74) is 1.93. The third-order valence-electron chi connectivity index (χ3n) is 4.25.